The van der Waals surface area contributed by atoms with Crippen molar-refractivity contribution in [3.63, 3.8) is 0 Å². The molecule has 0 aromatic carbocycles. The van der Waals surface area contributed by atoms with Gasteiger partial charge in [0.1, 0.15) is 0 Å². The lowest BCUT2D eigenvalue weighted by Crippen LogP contribution is -2.05. The fourth-order valence-corrected chi connectivity index (χ4v) is 1.66. The van der Waals surface area contributed by atoms with Gasteiger partial charge in [-0.1, -0.05) is 39.0 Å². The van der Waals surface area contributed by atoms with Crippen LogP contribution in [-0.2, 0) is 14.3 Å². The van der Waals surface area contributed by atoms with Crippen LogP contribution in [0.3, 0.4) is 0 Å². The first kappa shape index (κ1) is 16.4. The van der Waals surface area contributed by atoms with E-state index >= 15 is 0 Å². The zero-order valence-corrected chi connectivity index (χ0v) is 11.5. The Kier molecular flexibility index (Phi) is 13.0. The third kappa shape index (κ3) is 13.4. The Labute approximate surface area is 106 Å². The second-order valence-electron chi connectivity index (χ2n) is 4.44. The fraction of sp³-hybridized carbons (Fsp3) is 0.929. The van der Waals surface area contributed by atoms with Gasteiger partial charge >= 0.3 is 5.97 Å². The second kappa shape index (κ2) is 13.5. The van der Waals surface area contributed by atoms with Crippen LogP contribution in [0.4, 0.5) is 0 Å². The molecule has 0 aromatic rings. The minimum absolute atomic E-state index is 0.0436. The van der Waals surface area contributed by atoms with Crippen molar-refractivity contribution in [2.45, 2.75) is 64.7 Å². The number of rotatable bonds is 12. The molecule has 0 N–H and O–H groups in total. The van der Waals surface area contributed by atoms with E-state index in [4.69, 9.17) is 9.47 Å². The van der Waals surface area contributed by atoms with Gasteiger partial charge < -0.3 is 9.47 Å². The summed E-state index contributed by atoms with van der Waals surface area (Å²) in [6.07, 6.45) is 9.51. The molecule has 0 spiro atoms. The minimum atomic E-state index is -0.0436. The fourth-order valence-electron chi connectivity index (χ4n) is 1.66. The molecule has 17 heavy (non-hydrogen) atoms. The van der Waals surface area contributed by atoms with Crippen LogP contribution in [0.5, 0.6) is 0 Å². The zero-order chi connectivity index (χ0) is 12.8. The summed E-state index contributed by atoms with van der Waals surface area (Å²) in [4.78, 5) is 11.3. The van der Waals surface area contributed by atoms with Crippen molar-refractivity contribution in [2.24, 2.45) is 0 Å². The molecule has 0 heterocycles. The van der Waals surface area contributed by atoms with Crippen LogP contribution in [0.1, 0.15) is 64.7 Å². The highest BCUT2D eigenvalue weighted by Crippen LogP contribution is 2.04. The highest BCUT2D eigenvalue weighted by Gasteiger charge is 2.01. The average Bonchev–Trinajstić information content (AvgIpc) is 2.33. The maximum atomic E-state index is 11.3. The van der Waals surface area contributed by atoms with Crippen molar-refractivity contribution in [2.75, 3.05) is 20.3 Å². The molecular weight excluding hydrogens is 216 g/mol. The number of hydrogen-bond acceptors (Lipinski definition) is 3. The smallest absolute Gasteiger partial charge is 0.305 e. The van der Waals surface area contributed by atoms with Crippen molar-refractivity contribution in [1.82, 2.24) is 0 Å². The Morgan fingerprint density at radius 3 is 2.24 bits per heavy atom. The van der Waals surface area contributed by atoms with Gasteiger partial charge in [0.2, 0.25) is 0 Å². The molecule has 3 nitrogen and oxygen atoms in total. The monoisotopic (exact) mass is 244 g/mol. The lowest BCUT2D eigenvalue weighted by atomic mass is 10.2. The highest BCUT2D eigenvalue weighted by atomic mass is 16.5. The summed E-state index contributed by atoms with van der Waals surface area (Å²) < 4.78 is 10.1. The van der Waals surface area contributed by atoms with Gasteiger partial charge in [0.25, 0.3) is 0 Å². The van der Waals surface area contributed by atoms with Crippen molar-refractivity contribution in [3.05, 3.63) is 0 Å². The summed E-state index contributed by atoms with van der Waals surface area (Å²) in [5.41, 5.74) is 0. The molecule has 3 heteroatoms. The van der Waals surface area contributed by atoms with E-state index in [0.29, 0.717) is 13.0 Å². The van der Waals surface area contributed by atoms with Gasteiger partial charge in [0, 0.05) is 20.1 Å². The Hall–Kier alpha value is -0.570. The molecule has 0 saturated carbocycles. The van der Waals surface area contributed by atoms with E-state index in [0.717, 1.165) is 32.3 Å². The number of carbonyl (C=O) groups is 1. The van der Waals surface area contributed by atoms with Gasteiger partial charge in [-0.3, -0.25) is 4.79 Å². The summed E-state index contributed by atoms with van der Waals surface area (Å²) >= 11 is 0. The number of methoxy groups -OCH3 is 1. The van der Waals surface area contributed by atoms with E-state index in [2.05, 4.69) is 6.92 Å². The molecule has 0 rings (SSSR count). The van der Waals surface area contributed by atoms with Crippen LogP contribution in [-0.4, -0.2) is 26.3 Å². The maximum absolute atomic E-state index is 11.3. The van der Waals surface area contributed by atoms with E-state index in [-0.39, 0.29) is 5.97 Å². The second-order valence-corrected chi connectivity index (χ2v) is 4.44. The molecule has 0 fully saturated rings. The summed E-state index contributed by atoms with van der Waals surface area (Å²) in [7, 11) is 1.70. The van der Waals surface area contributed by atoms with Crippen molar-refractivity contribution in [3.8, 4) is 0 Å². The van der Waals surface area contributed by atoms with Crippen LogP contribution in [0.25, 0.3) is 0 Å². The summed E-state index contributed by atoms with van der Waals surface area (Å²) in [6.45, 7) is 3.58. The third-order valence-electron chi connectivity index (χ3n) is 2.74. The Balaban J connectivity index is 3.12. The number of hydrogen-bond donors (Lipinski definition) is 0. The minimum Gasteiger partial charge on any atom is -0.466 e. The van der Waals surface area contributed by atoms with Gasteiger partial charge in [-0.25, -0.2) is 0 Å². The third-order valence-corrected chi connectivity index (χ3v) is 2.74. The Morgan fingerprint density at radius 1 is 0.882 bits per heavy atom. The lowest BCUT2D eigenvalue weighted by molar-refractivity contribution is -0.143. The van der Waals surface area contributed by atoms with Crippen LogP contribution in [0.2, 0.25) is 0 Å². The standard InChI is InChI=1S/C14H28O3/c1-3-4-5-6-10-13-17-14(15)11-8-7-9-12-16-2/h3-13H2,1-2H3. The van der Waals surface area contributed by atoms with E-state index in [1.807, 2.05) is 0 Å². The molecule has 0 saturated heterocycles. The van der Waals surface area contributed by atoms with Crippen molar-refractivity contribution in [1.29, 1.82) is 0 Å². The summed E-state index contributed by atoms with van der Waals surface area (Å²) in [5.74, 6) is -0.0436. The molecule has 0 aliphatic heterocycles. The Morgan fingerprint density at radius 2 is 1.53 bits per heavy atom. The molecule has 0 unspecified atom stereocenters. The van der Waals surface area contributed by atoms with Crippen molar-refractivity contribution < 1.29 is 14.3 Å². The lowest BCUT2D eigenvalue weighted by Gasteiger charge is -2.04. The maximum Gasteiger partial charge on any atom is 0.305 e. The predicted molar refractivity (Wildman–Crippen MR) is 70.1 cm³/mol. The molecule has 0 radical (unpaired) electrons. The first-order chi connectivity index (χ1) is 8.31. The van der Waals surface area contributed by atoms with Gasteiger partial charge in [-0.05, 0) is 19.3 Å². The van der Waals surface area contributed by atoms with Crippen LogP contribution in [0.15, 0.2) is 0 Å². The predicted octanol–water partition coefficient (Wildman–Crippen LogP) is 3.71. The summed E-state index contributed by atoms with van der Waals surface area (Å²) in [6, 6.07) is 0. The normalized spacial score (nSPS) is 10.5. The number of esters is 1. The first-order valence-electron chi connectivity index (χ1n) is 6.95. The van der Waals surface area contributed by atoms with E-state index < -0.39 is 0 Å². The number of carbonyl (C=O) groups excluding carboxylic acids is 1. The molecular formula is C14H28O3. The van der Waals surface area contributed by atoms with E-state index in [1.54, 1.807) is 7.11 Å². The van der Waals surface area contributed by atoms with Gasteiger partial charge in [-0.15, -0.1) is 0 Å². The van der Waals surface area contributed by atoms with Gasteiger partial charge in [0.05, 0.1) is 6.61 Å². The van der Waals surface area contributed by atoms with Crippen LogP contribution < -0.4 is 0 Å². The zero-order valence-electron chi connectivity index (χ0n) is 11.5. The average molecular weight is 244 g/mol. The largest absolute Gasteiger partial charge is 0.466 e. The number of ether oxygens (including phenoxy) is 2. The highest BCUT2D eigenvalue weighted by molar-refractivity contribution is 5.69. The van der Waals surface area contributed by atoms with Crippen LogP contribution in [0, 0.1) is 0 Å². The molecule has 102 valence electrons. The number of unbranched alkanes of at least 4 members (excludes halogenated alkanes) is 6. The molecule has 0 aromatic heterocycles. The molecule has 0 aliphatic rings. The van der Waals surface area contributed by atoms with Gasteiger partial charge in [-0.2, -0.15) is 0 Å². The van der Waals surface area contributed by atoms with Crippen LogP contribution >= 0.6 is 0 Å². The topological polar surface area (TPSA) is 35.5 Å². The van der Waals surface area contributed by atoms with E-state index in [9.17, 15) is 4.79 Å². The summed E-state index contributed by atoms with van der Waals surface area (Å²) in [5, 5.41) is 0. The van der Waals surface area contributed by atoms with Gasteiger partial charge in [0.15, 0.2) is 0 Å². The molecule has 0 atom stereocenters. The first-order valence-corrected chi connectivity index (χ1v) is 6.95. The SMILES string of the molecule is CCCCCCCOC(=O)CCCCCOC. The molecule has 0 bridgehead atoms. The quantitative estimate of drug-likeness (QED) is 0.388. The molecule has 0 amide bonds. The van der Waals surface area contributed by atoms with E-state index in [1.165, 1.54) is 25.7 Å². The molecule has 0 aliphatic carbocycles. The van der Waals surface area contributed by atoms with Crippen molar-refractivity contribution >= 4 is 5.97 Å². The Bertz CT molecular complexity index is 169.